The van der Waals surface area contributed by atoms with Gasteiger partial charge in [0.15, 0.2) is 0 Å². The second-order valence-corrected chi connectivity index (χ2v) is 24.5. The van der Waals surface area contributed by atoms with Crippen molar-refractivity contribution >= 4 is 76.2 Å². The van der Waals surface area contributed by atoms with Crippen molar-refractivity contribution in [3.05, 3.63) is 156 Å². The molecule has 6 aromatic heterocycles. The molecule has 14 nitrogen and oxygen atoms in total. The van der Waals surface area contributed by atoms with Crippen LogP contribution in [-0.4, -0.2) is 106 Å². The van der Waals surface area contributed by atoms with Crippen molar-refractivity contribution in [2.45, 2.75) is 72.5 Å². The number of thiophene rings is 2. The van der Waals surface area contributed by atoms with Crippen molar-refractivity contribution < 1.29 is 27.0 Å². The molecule has 8 heterocycles. The van der Waals surface area contributed by atoms with Crippen LogP contribution in [0.5, 0.6) is 0 Å². The third-order valence-electron chi connectivity index (χ3n) is 12.7. The zero-order valence-electron chi connectivity index (χ0n) is 38.4. The van der Waals surface area contributed by atoms with E-state index in [4.69, 9.17) is 0 Å². The highest BCUT2D eigenvalue weighted by Crippen LogP contribution is 2.32. The Kier molecular flexibility index (Phi) is 13.4. The van der Waals surface area contributed by atoms with Crippen LogP contribution in [-0.2, 0) is 44.3 Å². The number of hydrogen-bond donors (Lipinski definition) is 2. The minimum atomic E-state index is -3.54. The highest BCUT2D eigenvalue weighted by molar-refractivity contribution is 7.91. The molecule has 2 atom stereocenters. The molecule has 356 valence electrons. The van der Waals surface area contributed by atoms with E-state index >= 15 is 0 Å². The molecular weight excluding hydrogens is 937 g/mol. The van der Waals surface area contributed by atoms with E-state index in [-0.39, 0.29) is 12.1 Å². The molecule has 2 fully saturated rings. The van der Waals surface area contributed by atoms with Gasteiger partial charge in [-0.05, 0) is 122 Å². The lowest BCUT2D eigenvalue weighted by Gasteiger charge is -2.42. The van der Waals surface area contributed by atoms with Crippen LogP contribution in [0.1, 0.15) is 38.8 Å². The molecule has 2 aliphatic rings. The average molecular weight is 993 g/mol. The van der Waals surface area contributed by atoms with Crippen molar-refractivity contribution in [2.24, 2.45) is 0 Å². The first-order chi connectivity index (χ1) is 32.5. The fourth-order valence-electron chi connectivity index (χ4n) is 9.07. The number of nitrogens with zero attached hydrogens (tertiary/aromatic N) is 8. The Morgan fingerprint density at radius 3 is 1.29 bits per heavy atom. The van der Waals surface area contributed by atoms with Gasteiger partial charge < -0.3 is 29.1 Å². The lowest BCUT2D eigenvalue weighted by Crippen LogP contribution is -2.56. The molecule has 2 N–H and O–H groups in total. The van der Waals surface area contributed by atoms with Crippen LogP contribution in [0, 0.1) is 0 Å². The first-order valence-electron chi connectivity index (χ1n) is 22.5. The van der Waals surface area contributed by atoms with Gasteiger partial charge >= 0.3 is 0 Å². The summed E-state index contributed by atoms with van der Waals surface area (Å²) in [6, 6.07) is 34.4. The highest BCUT2D eigenvalue weighted by atomic mass is 32.3. The molecule has 8 aromatic rings. The van der Waals surface area contributed by atoms with Crippen molar-refractivity contribution in [3.63, 3.8) is 0 Å². The highest BCUT2D eigenvalue weighted by Gasteiger charge is 2.37. The SMILES string of the molecule is CC(C)(O)c1ccc(N2CCN(S(=O)(=O)c3cccs3)C[C@@H]2Cn2ccc3cccnc32)cc1.CC(C)(O)c1ccc(N2CCN(S(=O)(=O)c3cccs3)C[C@@H]2Cn2ccc3cccnc32)cc1. The van der Waals surface area contributed by atoms with E-state index in [0.717, 1.165) is 44.6 Å². The molecule has 18 heteroatoms. The molecule has 0 bridgehead atoms. The molecule has 0 unspecified atom stereocenters. The number of anilines is 2. The first kappa shape index (κ1) is 47.6. The van der Waals surface area contributed by atoms with E-state index in [0.29, 0.717) is 60.8 Å². The summed E-state index contributed by atoms with van der Waals surface area (Å²) in [4.78, 5) is 13.6. The van der Waals surface area contributed by atoms with Crippen LogP contribution >= 0.6 is 22.7 Å². The second-order valence-electron chi connectivity index (χ2n) is 18.3. The lowest BCUT2D eigenvalue weighted by molar-refractivity contribution is 0.0780. The van der Waals surface area contributed by atoms with E-state index < -0.39 is 31.2 Å². The van der Waals surface area contributed by atoms with Crippen LogP contribution in [0.25, 0.3) is 22.1 Å². The largest absolute Gasteiger partial charge is 0.386 e. The molecule has 2 saturated heterocycles. The number of hydrogen-bond acceptors (Lipinski definition) is 12. The van der Waals surface area contributed by atoms with Gasteiger partial charge in [-0.2, -0.15) is 8.61 Å². The minimum absolute atomic E-state index is 0.0888. The molecule has 0 spiro atoms. The van der Waals surface area contributed by atoms with E-state index in [2.05, 4.69) is 28.9 Å². The molecule has 2 aliphatic heterocycles. The van der Waals surface area contributed by atoms with E-state index in [1.807, 2.05) is 97.3 Å². The molecule has 68 heavy (non-hydrogen) atoms. The second kappa shape index (κ2) is 19.2. The van der Waals surface area contributed by atoms with Crippen LogP contribution < -0.4 is 9.80 Å². The normalized spacial score (nSPS) is 18.0. The Bertz CT molecular complexity index is 2960. The van der Waals surface area contributed by atoms with Crippen molar-refractivity contribution in [2.75, 3.05) is 49.1 Å². The number of aromatic nitrogens is 4. The van der Waals surface area contributed by atoms with Crippen LogP contribution in [0.15, 0.2) is 153 Å². The summed E-state index contributed by atoms with van der Waals surface area (Å²) in [6.45, 7) is 11.0. The van der Waals surface area contributed by atoms with Gasteiger partial charge in [-0.3, -0.25) is 0 Å². The predicted octanol–water partition coefficient (Wildman–Crippen LogP) is 7.81. The lowest BCUT2D eigenvalue weighted by atomic mass is 9.98. The topological polar surface area (TPSA) is 157 Å². The summed E-state index contributed by atoms with van der Waals surface area (Å²) in [7, 11) is -7.07. The van der Waals surface area contributed by atoms with Crippen LogP contribution in [0.2, 0.25) is 0 Å². The van der Waals surface area contributed by atoms with E-state index in [1.54, 1.807) is 83.7 Å². The molecular formula is C50H56N8O6S4. The maximum Gasteiger partial charge on any atom is 0.252 e. The van der Waals surface area contributed by atoms with Gasteiger partial charge in [0.25, 0.3) is 20.0 Å². The zero-order valence-corrected chi connectivity index (χ0v) is 41.7. The molecule has 0 aliphatic carbocycles. The van der Waals surface area contributed by atoms with Gasteiger partial charge in [0, 0.05) is 99.3 Å². The number of rotatable bonds is 12. The summed E-state index contributed by atoms with van der Waals surface area (Å²) >= 11 is 2.50. The fourth-order valence-corrected chi connectivity index (χ4v) is 14.3. The number of aliphatic hydroxyl groups is 2. The smallest absolute Gasteiger partial charge is 0.252 e. The van der Waals surface area contributed by atoms with Gasteiger partial charge in [0.1, 0.15) is 19.7 Å². The first-order valence-corrected chi connectivity index (χ1v) is 27.2. The van der Waals surface area contributed by atoms with Gasteiger partial charge in [-0.25, -0.2) is 26.8 Å². The number of benzene rings is 2. The van der Waals surface area contributed by atoms with Gasteiger partial charge in [-0.1, -0.05) is 36.4 Å². The molecule has 10 rings (SSSR count). The maximum absolute atomic E-state index is 13.3. The van der Waals surface area contributed by atoms with E-state index in [9.17, 15) is 27.0 Å². The minimum Gasteiger partial charge on any atom is -0.386 e. The maximum atomic E-state index is 13.3. The zero-order chi connectivity index (χ0) is 47.8. The summed E-state index contributed by atoms with van der Waals surface area (Å²) < 4.78 is 61.3. The molecule has 2 aromatic carbocycles. The Morgan fingerprint density at radius 2 is 0.941 bits per heavy atom. The quantitative estimate of drug-likeness (QED) is 0.124. The Balaban J connectivity index is 0.000000170. The van der Waals surface area contributed by atoms with Gasteiger partial charge in [-0.15, -0.1) is 22.7 Å². The standard InChI is InChI=1S/2C25H28N4O3S2/c2*1-25(2,30)20-7-9-21(10-8-20)29-15-14-28(34(31,32)23-6-4-16-33-23)18-22(29)17-27-13-11-19-5-3-12-26-24(19)27/h2*3-13,16,22,30H,14-15,17-18H2,1-2H3/t2*22-/m00/s1. The third kappa shape index (κ3) is 10.0. The third-order valence-corrected chi connectivity index (χ3v) is 19.2. The van der Waals surface area contributed by atoms with E-state index in [1.165, 1.54) is 22.7 Å². The number of pyridine rings is 2. The number of sulfonamides is 2. The van der Waals surface area contributed by atoms with Crippen LogP contribution in [0.3, 0.4) is 0 Å². The van der Waals surface area contributed by atoms with Crippen LogP contribution in [0.4, 0.5) is 11.4 Å². The summed E-state index contributed by atoms with van der Waals surface area (Å²) in [5, 5.41) is 26.4. The summed E-state index contributed by atoms with van der Waals surface area (Å²) in [5.41, 5.74) is 3.64. The van der Waals surface area contributed by atoms with Crippen molar-refractivity contribution in [3.8, 4) is 0 Å². The Morgan fingerprint density at radius 1 is 0.544 bits per heavy atom. The van der Waals surface area contributed by atoms with Gasteiger partial charge in [0.05, 0.1) is 23.3 Å². The number of fused-ring (bicyclic) bond motifs is 2. The van der Waals surface area contributed by atoms with Gasteiger partial charge in [0.2, 0.25) is 0 Å². The number of piperazine rings is 2. The molecule has 0 amide bonds. The fraction of sp³-hybridized carbons (Fsp3) is 0.320. The van der Waals surface area contributed by atoms with Crippen molar-refractivity contribution in [1.29, 1.82) is 0 Å². The Hall–Kier alpha value is -5.44. The summed E-state index contributed by atoms with van der Waals surface area (Å²) in [5.74, 6) is 0. The Labute approximate surface area is 406 Å². The monoisotopic (exact) mass is 992 g/mol. The van der Waals surface area contributed by atoms with Crippen molar-refractivity contribution in [1.82, 2.24) is 27.7 Å². The summed E-state index contributed by atoms with van der Waals surface area (Å²) in [6.07, 6.45) is 7.58. The average Bonchev–Trinajstić information content (AvgIpc) is 4.19. The predicted molar refractivity (Wildman–Crippen MR) is 271 cm³/mol. The molecule has 0 radical (unpaired) electrons. The molecule has 0 saturated carbocycles.